The Balaban J connectivity index is 1.47. The molecule has 0 spiro atoms. The summed E-state index contributed by atoms with van der Waals surface area (Å²) in [5, 5.41) is 10.6. The number of carbonyl (C=O) groups is 1. The first kappa shape index (κ1) is 15.1. The van der Waals surface area contributed by atoms with E-state index in [0.29, 0.717) is 13.2 Å². The number of benzene rings is 1. The molecule has 7 atom stereocenters. The van der Waals surface area contributed by atoms with Crippen LogP contribution in [0.4, 0.5) is 0 Å². The largest absolute Gasteiger partial charge is 0.466 e. The molecule has 2 saturated heterocycles. The molecule has 0 radical (unpaired) electrons. The maximum Gasteiger partial charge on any atom is 0.312 e. The van der Waals surface area contributed by atoms with Crippen molar-refractivity contribution in [3.63, 3.8) is 0 Å². The van der Waals surface area contributed by atoms with Crippen LogP contribution in [0, 0.1) is 11.8 Å². The van der Waals surface area contributed by atoms with Gasteiger partial charge in [-0.15, -0.1) is 0 Å². The smallest absolute Gasteiger partial charge is 0.312 e. The summed E-state index contributed by atoms with van der Waals surface area (Å²) in [6.45, 7) is 2.43. The van der Waals surface area contributed by atoms with E-state index in [2.05, 4.69) is 0 Å². The SMILES string of the molecule is CCOC(=O)C1[C@@H]2[C@@H](O)[C@@H]3O[C@H](c4ccccc4)OC[C@H]3O[C@H]12. The van der Waals surface area contributed by atoms with Gasteiger partial charge in [0.05, 0.1) is 31.3 Å². The quantitative estimate of drug-likeness (QED) is 0.839. The van der Waals surface area contributed by atoms with Gasteiger partial charge in [-0.05, 0) is 6.92 Å². The number of aliphatic hydroxyl groups is 1. The van der Waals surface area contributed by atoms with Crippen molar-refractivity contribution in [2.24, 2.45) is 11.8 Å². The van der Waals surface area contributed by atoms with Crippen molar-refractivity contribution in [2.75, 3.05) is 13.2 Å². The first-order chi connectivity index (χ1) is 11.2. The molecule has 3 fully saturated rings. The van der Waals surface area contributed by atoms with Gasteiger partial charge in [0.15, 0.2) is 6.29 Å². The molecule has 1 aromatic rings. The number of rotatable bonds is 3. The van der Waals surface area contributed by atoms with E-state index in [4.69, 9.17) is 18.9 Å². The number of ether oxygens (including phenoxy) is 4. The molecule has 0 amide bonds. The maximum atomic E-state index is 11.9. The number of aliphatic hydroxyl groups excluding tert-OH is 1. The van der Waals surface area contributed by atoms with E-state index in [1.54, 1.807) is 6.92 Å². The molecule has 0 bridgehead atoms. The van der Waals surface area contributed by atoms with Crippen molar-refractivity contribution < 1.29 is 28.8 Å². The summed E-state index contributed by atoms with van der Waals surface area (Å²) in [6.07, 6.45) is -2.40. The van der Waals surface area contributed by atoms with Gasteiger partial charge in [-0.2, -0.15) is 0 Å². The van der Waals surface area contributed by atoms with Gasteiger partial charge in [-0.1, -0.05) is 30.3 Å². The molecule has 23 heavy (non-hydrogen) atoms. The molecule has 3 aliphatic rings. The number of hydrogen-bond acceptors (Lipinski definition) is 6. The van der Waals surface area contributed by atoms with Crippen molar-refractivity contribution in [2.45, 2.75) is 37.6 Å². The zero-order chi connectivity index (χ0) is 16.0. The van der Waals surface area contributed by atoms with Crippen LogP contribution in [-0.4, -0.2) is 48.7 Å². The third kappa shape index (κ3) is 2.55. The van der Waals surface area contributed by atoms with Gasteiger partial charge in [0.1, 0.15) is 12.2 Å². The van der Waals surface area contributed by atoms with Gasteiger partial charge >= 0.3 is 5.97 Å². The van der Waals surface area contributed by atoms with E-state index in [1.165, 1.54) is 0 Å². The highest BCUT2D eigenvalue weighted by Crippen LogP contribution is 2.52. The molecule has 1 aromatic carbocycles. The fourth-order valence-electron chi connectivity index (χ4n) is 3.59. The standard InChI is InChI=1S/C17H20O6/c1-2-20-16(19)12-11-13(18)14-10(22-15(11)12)8-21-17(23-14)9-6-4-3-5-7-9/h3-7,10-15,17-18H,2,8H2,1H3/t10-,11-,12?,13-,14-,15+,17-/m1/s1. The third-order valence-electron chi connectivity index (χ3n) is 4.76. The minimum Gasteiger partial charge on any atom is -0.466 e. The summed E-state index contributed by atoms with van der Waals surface area (Å²) < 4.78 is 22.6. The lowest BCUT2D eigenvalue weighted by molar-refractivity contribution is -0.300. The third-order valence-corrected chi connectivity index (χ3v) is 4.76. The van der Waals surface area contributed by atoms with Gasteiger partial charge in [-0.25, -0.2) is 0 Å². The molecule has 124 valence electrons. The summed E-state index contributed by atoms with van der Waals surface area (Å²) >= 11 is 0. The number of carbonyl (C=O) groups excluding carboxylic acids is 1. The second-order valence-corrected chi connectivity index (χ2v) is 6.16. The van der Waals surface area contributed by atoms with E-state index in [0.717, 1.165) is 5.56 Å². The van der Waals surface area contributed by atoms with Gasteiger partial charge in [-0.3, -0.25) is 4.79 Å². The Labute approximate surface area is 134 Å². The maximum absolute atomic E-state index is 11.9. The van der Waals surface area contributed by atoms with Gasteiger partial charge in [0.25, 0.3) is 0 Å². The minimum atomic E-state index is -0.747. The van der Waals surface area contributed by atoms with Crippen molar-refractivity contribution in [3.8, 4) is 0 Å². The first-order valence-electron chi connectivity index (χ1n) is 8.03. The molecule has 6 heteroatoms. The lowest BCUT2D eigenvalue weighted by Gasteiger charge is -2.41. The lowest BCUT2D eigenvalue weighted by Crippen LogP contribution is -2.53. The predicted molar refractivity (Wildman–Crippen MR) is 78.3 cm³/mol. The van der Waals surface area contributed by atoms with Crippen molar-refractivity contribution >= 4 is 5.97 Å². The van der Waals surface area contributed by atoms with Crippen molar-refractivity contribution in [3.05, 3.63) is 35.9 Å². The van der Waals surface area contributed by atoms with Crippen LogP contribution in [0.15, 0.2) is 30.3 Å². The molecule has 4 rings (SSSR count). The van der Waals surface area contributed by atoms with Gasteiger partial charge in [0.2, 0.25) is 0 Å². The van der Waals surface area contributed by atoms with Crippen LogP contribution in [0.5, 0.6) is 0 Å². The Morgan fingerprint density at radius 3 is 2.78 bits per heavy atom. The Bertz CT molecular complexity index is 576. The highest BCUT2D eigenvalue weighted by atomic mass is 16.7. The van der Waals surface area contributed by atoms with Crippen LogP contribution in [0.1, 0.15) is 18.8 Å². The summed E-state index contributed by atoms with van der Waals surface area (Å²) in [5.41, 5.74) is 0.901. The molecule has 2 aliphatic heterocycles. The molecule has 1 unspecified atom stereocenters. The van der Waals surface area contributed by atoms with E-state index in [-0.39, 0.29) is 24.1 Å². The summed E-state index contributed by atoms with van der Waals surface area (Å²) in [7, 11) is 0. The van der Waals surface area contributed by atoms with Crippen LogP contribution in [0.3, 0.4) is 0 Å². The van der Waals surface area contributed by atoms with Crippen LogP contribution in [0.25, 0.3) is 0 Å². The fraction of sp³-hybridized carbons (Fsp3) is 0.588. The topological polar surface area (TPSA) is 74.2 Å². The Kier molecular flexibility index (Phi) is 3.85. The molecular weight excluding hydrogens is 300 g/mol. The summed E-state index contributed by atoms with van der Waals surface area (Å²) in [5.74, 6) is -0.945. The predicted octanol–water partition coefficient (Wildman–Crippen LogP) is 1.04. The van der Waals surface area contributed by atoms with Crippen LogP contribution in [-0.2, 0) is 23.7 Å². The second kappa shape index (κ2) is 5.87. The van der Waals surface area contributed by atoms with E-state index >= 15 is 0 Å². The molecule has 1 aliphatic carbocycles. The zero-order valence-electron chi connectivity index (χ0n) is 12.8. The Hall–Kier alpha value is -1.47. The van der Waals surface area contributed by atoms with Crippen LogP contribution in [0.2, 0.25) is 0 Å². The highest BCUT2D eigenvalue weighted by molar-refractivity contribution is 5.77. The molecule has 6 nitrogen and oxygen atoms in total. The second-order valence-electron chi connectivity index (χ2n) is 6.16. The average Bonchev–Trinajstić information content (AvgIpc) is 3.30. The van der Waals surface area contributed by atoms with Gasteiger partial charge < -0.3 is 24.1 Å². The van der Waals surface area contributed by atoms with Crippen molar-refractivity contribution in [1.29, 1.82) is 0 Å². The van der Waals surface area contributed by atoms with E-state index in [1.807, 2.05) is 30.3 Å². The lowest BCUT2D eigenvalue weighted by atomic mass is 9.99. The van der Waals surface area contributed by atoms with Crippen LogP contribution < -0.4 is 0 Å². The molecule has 1 saturated carbocycles. The molecular formula is C17H20O6. The fourth-order valence-corrected chi connectivity index (χ4v) is 3.59. The normalized spacial score (nSPS) is 41.6. The number of hydrogen-bond donors (Lipinski definition) is 1. The minimum absolute atomic E-state index is 0.246. The first-order valence-corrected chi connectivity index (χ1v) is 8.03. The van der Waals surface area contributed by atoms with Gasteiger partial charge in [0, 0.05) is 11.5 Å². The molecule has 2 heterocycles. The Morgan fingerprint density at radius 2 is 2.04 bits per heavy atom. The number of esters is 1. The Morgan fingerprint density at radius 1 is 1.26 bits per heavy atom. The van der Waals surface area contributed by atoms with Crippen molar-refractivity contribution in [1.82, 2.24) is 0 Å². The van der Waals surface area contributed by atoms with E-state index < -0.39 is 24.4 Å². The number of fused-ring (bicyclic) bond motifs is 2. The highest BCUT2D eigenvalue weighted by Gasteiger charge is 2.67. The molecule has 0 aromatic heterocycles. The van der Waals surface area contributed by atoms with E-state index in [9.17, 15) is 9.90 Å². The monoisotopic (exact) mass is 320 g/mol. The molecule has 1 N–H and O–H groups in total. The summed E-state index contributed by atoms with van der Waals surface area (Å²) in [6, 6.07) is 9.59. The summed E-state index contributed by atoms with van der Waals surface area (Å²) in [4.78, 5) is 11.9. The van der Waals surface area contributed by atoms with Crippen LogP contribution >= 0.6 is 0 Å². The zero-order valence-corrected chi connectivity index (χ0v) is 12.8. The average molecular weight is 320 g/mol.